The van der Waals surface area contributed by atoms with Gasteiger partial charge in [0.1, 0.15) is 9.57 Å². The number of rotatable bonds is 7. The minimum absolute atomic E-state index is 0.212. The lowest BCUT2D eigenvalue weighted by molar-refractivity contribution is -0.139. The Hall–Kier alpha value is -1.80. The van der Waals surface area contributed by atoms with Crippen molar-refractivity contribution in [2.24, 2.45) is 0 Å². The maximum atomic E-state index is 12.2. The van der Waals surface area contributed by atoms with Crippen molar-refractivity contribution in [3.05, 3.63) is 23.8 Å². The number of carbonyl (C=O) groups is 2. The molecule has 0 spiro atoms. The third-order valence-electron chi connectivity index (χ3n) is 3.44. The number of hydrogen-bond donors (Lipinski definition) is 1. The predicted molar refractivity (Wildman–Crippen MR) is 91.2 cm³/mol. The first-order valence-electron chi connectivity index (χ1n) is 6.91. The second kappa shape index (κ2) is 7.65. The first-order valence-corrected chi connectivity index (χ1v) is 8.19. The molecule has 1 aliphatic heterocycles. The van der Waals surface area contributed by atoms with Crippen LogP contribution < -0.4 is 9.47 Å². The summed E-state index contributed by atoms with van der Waals surface area (Å²) in [5.41, 5.74) is 0.977. The van der Waals surface area contributed by atoms with E-state index in [1.54, 1.807) is 20.3 Å². The monoisotopic (exact) mass is 355 g/mol. The third-order valence-corrected chi connectivity index (χ3v) is 5.02. The van der Waals surface area contributed by atoms with Crippen molar-refractivity contribution in [1.82, 2.24) is 4.90 Å². The summed E-state index contributed by atoms with van der Waals surface area (Å²) >= 11 is 6.32. The van der Waals surface area contributed by atoms with Crippen LogP contribution >= 0.6 is 24.0 Å². The second-order valence-electron chi connectivity index (χ2n) is 4.90. The van der Waals surface area contributed by atoms with Gasteiger partial charge in [-0.25, -0.2) is 0 Å². The zero-order chi connectivity index (χ0) is 17.0. The number of thiocarbonyl (C=S) groups is 1. The van der Waals surface area contributed by atoms with E-state index in [0.29, 0.717) is 28.8 Å². The van der Waals surface area contributed by atoms with E-state index in [0.717, 1.165) is 17.3 Å². The molecule has 6 nitrogen and oxygen atoms in total. The quantitative estimate of drug-likeness (QED) is 0.749. The molecule has 23 heavy (non-hydrogen) atoms. The zero-order valence-electron chi connectivity index (χ0n) is 12.8. The van der Waals surface area contributed by atoms with Gasteiger partial charge in [0.25, 0.3) is 0 Å². The fraction of sp³-hybridized carbons (Fsp3) is 0.400. The van der Waals surface area contributed by atoms with Crippen LogP contribution in [0.25, 0.3) is 0 Å². The van der Waals surface area contributed by atoms with Gasteiger partial charge in [-0.05, 0) is 24.1 Å². The van der Waals surface area contributed by atoms with E-state index in [9.17, 15) is 9.59 Å². The molecule has 1 heterocycles. The number of amides is 1. The van der Waals surface area contributed by atoms with E-state index in [4.69, 9.17) is 26.8 Å². The molecule has 0 aromatic heterocycles. The lowest BCUT2D eigenvalue weighted by atomic mass is 10.1. The summed E-state index contributed by atoms with van der Waals surface area (Å²) < 4.78 is 10.9. The summed E-state index contributed by atoms with van der Waals surface area (Å²) in [6.07, 6.45) is 0.378. The summed E-state index contributed by atoms with van der Waals surface area (Å²) in [6, 6.07) is 5.55. The van der Waals surface area contributed by atoms with Gasteiger partial charge in [0, 0.05) is 6.54 Å². The third kappa shape index (κ3) is 4.14. The van der Waals surface area contributed by atoms with Crippen LogP contribution in [0.5, 0.6) is 11.5 Å². The number of carboxylic acid groups (broad SMARTS) is 1. The maximum absolute atomic E-state index is 12.2. The normalized spacial score (nSPS) is 17.5. The van der Waals surface area contributed by atoms with Gasteiger partial charge in [0.2, 0.25) is 5.91 Å². The Balaban J connectivity index is 2.02. The molecule has 1 amide bonds. The molecule has 1 aliphatic rings. The van der Waals surface area contributed by atoms with Crippen LogP contribution in [0, 0.1) is 0 Å². The van der Waals surface area contributed by atoms with Crippen LogP contribution in [0.15, 0.2) is 18.2 Å². The van der Waals surface area contributed by atoms with Crippen molar-refractivity contribution in [2.45, 2.75) is 18.1 Å². The highest BCUT2D eigenvalue weighted by molar-refractivity contribution is 8.24. The number of methoxy groups -OCH3 is 2. The van der Waals surface area contributed by atoms with E-state index in [1.807, 2.05) is 12.1 Å². The molecule has 8 heteroatoms. The number of carboxylic acids is 1. The van der Waals surface area contributed by atoms with Gasteiger partial charge < -0.3 is 14.6 Å². The number of hydrogen-bond acceptors (Lipinski definition) is 6. The highest BCUT2D eigenvalue weighted by Crippen LogP contribution is 2.31. The Bertz CT molecular complexity index is 634. The van der Waals surface area contributed by atoms with Crippen LogP contribution in [0.1, 0.15) is 12.0 Å². The standard InChI is InChI=1S/C15H17NO5S2/c1-20-10-4-3-9(7-11(10)21-2)5-6-16-14(19)12(8-13(17)18)23-15(16)22/h3-4,7,12H,5-6,8H2,1-2H3,(H,17,18). The maximum Gasteiger partial charge on any atom is 0.305 e. The minimum Gasteiger partial charge on any atom is -0.493 e. The molecular weight excluding hydrogens is 338 g/mol. The van der Waals surface area contributed by atoms with Crippen molar-refractivity contribution in [1.29, 1.82) is 0 Å². The van der Waals surface area contributed by atoms with Gasteiger partial charge in [-0.15, -0.1) is 0 Å². The Morgan fingerprint density at radius 3 is 2.65 bits per heavy atom. The molecule has 0 saturated carbocycles. The summed E-state index contributed by atoms with van der Waals surface area (Å²) in [7, 11) is 3.13. The summed E-state index contributed by atoms with van der Waals surface area (Å²) in [5.74, 6) is 0.0304. The molecule has 1 saturated heterocycles. The average molecular weight is 355 g/mol. The molecule has 0 bridgehead atoms. The Labute approximate surface area is 143 Å². The van der Waals surface area contributed by atoms with Gasteiger partial charge in [-0.2, -0.15) is 0 Å². The summed E-state index contributed by atoms with van der Waals surface area (Å²) in [6.45, 7) is 0.413. The highest BCUT2D eigenvalue weighted by atomic mass is 32.2. The molecule has 1 fully saturated rings. The largest absolute Gasteiger partial charge is 0.493 e. The minimum atomic E-state index is -1.000. The molecular formula is C15H17NO5S2. The lowest BCUT2D eigenvalue weighted by Crippen LogP contribution is -2.33. The van der Waals surface area contributed by atoms with E-state index >= 15 is 0 Å². The van der Waals surface area contributed by atoms with Gasteiger partial charge in [0.05, 0.1) is 20.6 Å². The number of carbonyl (C=O) groups excluding carboxylic acids is 1. The Morgan fingerprint density at radius 1 is 1.35 bits per heavy atom. The summed E-state index contributed by atoms with van der Waals surface area (Å²) in [4.78, 5) is 24.5. The van der Waals surface area contributed by atoms with Crippen molar-refractivity contribution in [3.63, 3.8) is 0 Å². The van der Waals surface area contributed by atoms with Crippen molar-refractivity contribution in [3.8, 4) is 11.5 Å². The molecule has 1 aromatic carbocycles. The number of nitrogens with zero attached hydrogens (tertiary/aromatic N) is 1. The first kappa shape index (κ1) is 17.6. The Morgan fingerprint density at radius 2 is 2.04 bits per heavy atom. The van der Waals surface area contributed by atoms with Crippen LogP contribution in [-0.2, 0) is 16.0 Å². The van der Waals surface area contributed by atoms with Crippen LogP contribution in [0.3, 0.4) is 0 Å². The van der Waals surface area contributed by atoms with E-state index in [-0.39, 0.29) is 12.3 Å². The van der Waals surface area contributed by atoms with Crippen LogP contribution in [-0.4, -0.2) is 52.2 Å². The SMILES string of the molecule is COc1ccc(CCN2C(=O)C(CC(=O)O)SC2=S)cc1OC. The van der Waals surface area contributed by atoms with Gasteiger partial charge in [-0.3, -0.25) is 14.5 Å². The van der Waals surface area contributed by atoms with Gasteiger partial charge >= 0.3 is 5.97 Å². The molecule has 1 unspecified atom stereocenters. The van der Waals surface area contributed by atoms with E-state index in [2.05, 4.69) is 0 Å². The van der Waals surface area contributed by atoms with Gasteiger partial charge in [0.15, 0.2) is 11.5 Å². The smallest absolute Gasteiger partial charge is 0.305 e. The highest BCUT2D eigenvalue weighted by Gasteiger charge is 2.37. The molecule has 1 N–H and O–H groups in total. The van der Waals surface area contributed by atoms with Gasteiger partial charge in [-0.1, -0.05) is 30.0 Å². The molecule has 1 aromatic rings. The average Bonchev–Trinajstić information content (AvgIpc) is 2.78. The Kier molecular flexibility index (Phi) is 5.84. The van der Waals surface area contributed by atoms with E-state index in [1.165, 1.54) is 4.90 Å². The number of ether oxygens (including phenoxy) is 2. The predicted octanol–water partition coefficient (Wildman–Crippen LogP) is 1.95. The number of benzene rings is 1. The molecule has 0 radical (unpaired) electrons. The summed E-state index contributed by atoms with van der Waals surface area (Å²) in [5, 5.41) is 8.21. The van der Waals surface area contributed by atoms with Crippen LogP contribution in [0.2, 0.25) is 0 Å². The fourth-order valence-electron chi connectivity index (χ4n) is 2.27. The zero-order valence-corrected chi connectivity index (χ0v) is 14.4. The molecule has 1 atom stereocenters. The first-order chi connectivity index (χ1) is 11.0. The molecule has 0 aliphatic carbocycles. The van der Waals surface area contributed by atoms with Crippen molar-refractivity contribution < 1.29 is 24.2 Å². The molecule has 2 rings (SSSR count). The topological polar surface area (TPSA) is 76.1 Å². The molecule has 124 valence electrons. The fourth-order valence-corrected chi connectivity index (χ4v) is 3.80. The number of thioether (sulfide) groups is 1. The van der Waals surface area contributed by atoms with Crippen molar-refractivity contribution in [2.75, 3.05) is 20.8 Å². The lowest BCUT2D eigenvalue weighted by Gasteiger charge is -2.16. The van der Waals surface area contributed by atoms with Crippen LogP contribution in [0.4, 0.5) is 0 Å². The van der Waals surface area contributed by atoms with Crippen molar-refractivity contribution >= 4 is 40.2 Å². The van der Waals surface area contributed by atoms with E-state index < -0.39 is 11.2 Å². The number of aliphatic carboxylic acids is 1. The second-order valence-corrected chi connectivity index (χ2v) is 6.74.